The number of rotatable bonds is 4. The third kappa shape index (κ3) is 3.45. The molecule has 1 heterocycles. The van der Waals surface area contributed by atoms with Crippen LogP contribution < -0.4 is 5.32 Å². The zero-order valence-corrected chi connectivity index (χ0v) is 11.5. The van der Waals surface area contributed by atoms with Gasteiger partial charge >= 0.3 is 6.09 Å². The fourth-order valence-corrected chi connectivity index (χ4v) is 2.59. The molecule has 2 amide bonds. The van der Waals surface area contributed by atoms with Crippen molar-refractivity contribution in [2.75, 3.05) is 13.6 Å². The average Bonchev–Trinajstić information content (AvgIpc) is 3.00. The molecule has 6 heteroatoms. The lowest BCUT2D eigenvalue weighted by Gasteiger charge is -2.16. The van der Waals surface area contributed by atoms with Crippen LogP contribution in [0.1, 0.15) is 39.0 Å². The fourth-order valence-electron chi connectivity index (χ4n) is 2.59. The van der Waals surface area contributed by atoms with Crippen LogP contribution in [0.3, 0.4) is 0 Å². The highest BCUT2D eigenvalue weighted by Crippen LogP contribution is 2.27. The van der Waals surface area contributed by atoms with E-state index < -0.39 is 12.2 Å². The van der Waals surface area contributed by atoms with Crippen LogP contribution in [0.4, 0.5) is 4.79 Å². The second-order valence-electron chi connectivity index (χ2n) is 5.19. The van der Waals surface area contributed by atoms with Crippen molar-refractivity contribution >= 4 is 17.7 Å². The predicted molar refractivity (Wildman–Crippen MR) is 70.7 cm³/mol. The normalized spacial score (nSPS) is 21.5. The maximum atomic E-state index is 11.9. The molecule has 1 aliphatic heterocycles. The molecule has 106 valence electrons. The molecule has 2 aliphatic rings. The fraction of sp³-hybridized carbons (Fsp3) is 0.769. The van der Waals surface area contributed by atoms with Crippen LogP contribution in [-0.2, 0) is 9.53 Å². The van der Waals surface area contributed by atoms with Crippen molar-refractivity contribution in [1.82, 2.24) is 10.3 Å². The quantitative estimate of drug-likeness (QED) is 0.839. The van der Waals surface area contributed by atoms with E-state index >= 15 is 0 Å². The Balaban J connectivity index is 1.91. The molecular weight excluding hydrogens is 246 g/mol. The third-order valence-electron chi connectivity index (χ3n) is 3.73. The summed E-state index contributed by atoms with van der Waals surface area (Å²) in [6.45, 7) is 2.44. The highest BCUT2D eigenvalue weighted by molar-refractivity contribution is 6.07. The minimum atomic E-state index is -0.503. The number of nitrogens with one attached hydrogen (secondary N) is 1. The first kappa shape index (κ1) is 13.8. The first-order valence-electron chi connectivity index (χ1n) is 6.86. The van der Waals surface area contributed by atoms with E-state index in [1.54, 1.807) is 11.9 Å². The predicted octanol–water partition coefficient (Wildman–Crippen LogP) is 1.51. The lowest BCUT2D eigenvalue weighted by atomic mass is 10.1. The Labute approximate surface area is 113 Å². The number of hydrogen-bond donors (Lipinski definition) is 1. The van der Waals surface area contributed by atoms with Crippen molar-refractivity contribution in [3.63, 3.8) is 0 Å². The third-order valence-corrected chi connectivity index (χ3v) is 3.73. The Morgan fingerprint density at radius 1 is 1.53 bits per heavy atom. The van der Waals surface area contributed by atoms with Crippen molar-refractivity contribution in [3.05, 3.63) is 0 Å². The number of alkyl carbamates (subject to hydrolysis) is 1. The topological polar surface area (TPSA) is 71.0 Å². The van der Waals surface area contributed by atoms with E-state index in [1.165, 1.54) is 32.7 Å². The van der Waals surface area contributed by atoms with Crippen LogP contribution in [-0.4, -0.2) is 42.4 Å². The standard InChI is InChI=1S/C13H21N3O3/c1-9(19-13(18)14-2)11-7-12(17)16(15-11)8-10-5-3-4-6-10/h9-10H,3-8H2,1-2H3,(H,14,18). The first-order valence-corrected chi connectivity index (χ1v) is 6.86. The van der Waals surface area contributed by atoms with E-state index in [0.717, 1.165) is 0 Å². The second kappa shape index (κ2) is 6.04. The number of carbonyl (C=O) groups excluding carboxylic acids is 2. The Morgan fingerprint density at radius 3 is 2.84 bits per heavy atom. The molecule has 1 atom stereocenters. The summed E-state index contributed by atoms with van der Waals surface area (Å²) in [5.41, 5.74) is 0.631. The minimum absolute atomic E-state index is 0.00857. The van der Waals surface area contributed by atoms with Crippen molar-refractivity contribution in [2.45, 2.75) is 45.1 Å². The molecule has 2 rings (SSSR count). The van der Waals surface area contributed by atoms with Crippen LogP contribution in [0.2, 0.25) is 0 Å². The molecule has 1 N–H and O–H groups in total. The van der Waals surface area contributed by atoms with Crippen molar-refractivity contribution in [2.24, 2.45) is 11.0 Å². The van der Waals surface area contributed by atoms with Gasteiger partial charge in [0.15, 0.2) is 0 Å². The summed E-state index contributed by atoms with van der Waals surface area (Å²) in [5, 5.41) is 8.25. The smallest absolute Gasteiger partial charge is 0.407 e. The summed E-state index contributed by atoms with van der Waals surface area (Å²) in [5.74, 6) is 0.580. The molecule has 1 aliphatic carbocycles. The Kier molecular flexibility index (Phi) is 4.39. The molecule has 0 aromatic heterocycles. The molecule has 1 unspecified atom stereocenters. The number of ether oxygens (including phenoxy) is 1. The van der Waals surface area contributed by atoms with Gasteiger partial charge in [-0.25, -0.2) is 9.80 Å². The highest BCUT2D eigenvalue weighted by Gasteiger charge is 2.30. The monoisotopic (exact) mass is 267 g/mol. The Bertz CT molecular complexity index is 389. The van der Waals surface area contributed by atoms with E-state index in [9.17, 15) is 9.59 Å². The van der Waals surface area contributed by atoms with E-state index in [4.69, 9.17) is 4.74 Å². The summed E-state index contributed by atoms with van der Waals surface area (Å²) < 4.78 is 5.09. The molecule has 1 saturated carbocycles. The summed E-state index contributed by atoms with van der Waals surface area (Å²) in [7, 11) is 1.50. The van der Waals surface area contributed by atoms with Gasteiger partial charge < -0.3 is 10.1 Å². The molecule has 0 bridgehead atoms. The zero-order valence-electron chi connectivity index (χ0n) is 11.5. The second-order valence-corrected chi connectivity index (χ2v) is 5.19. The van der Waals surface area contributed by atoms with Crippen LogP contribution in [0, 0.1) is 5.92 Å². The van der Waals surface area contributed by atoms with Crippen molar-refractivity contribution in [3.8, 4) is 0 Å². The van der Waals surface area contributed by atoms with Gasteiger partial charge in [0, 0.05) is 13.6 Å². The summed E-state index contributed by atoms with van der Waals surface area (Å²) in [6.07, 6.45) is 4.15. The molecule has 0 spiro atoms. The summed E-state index contributed by atoms with van der Waals surface area (Å²) in [4.78, 5) is 23.0. The van der Waals surface area contributed by atoms with Gasteiger partial charge in [-0.3, -0.25) is 4.79 Å². The lowest BCUT2D eigenvalue weighted by Crippen LogP contribution is -2.29. The van der Waals surface area contributed by atoms with Crippen molar-refractivity contribution in [1.29, 1.82) is 0 Å². The van der Waals surface area contributed by atoms with Crippen molar-refractivity contribution < 1.29 is 14.3 Å². The molecule has 1 fully saturated rings. The van der Waals surface area contributed by atoms with E-state index in [0.29, 0.717) is 18.2 Å². The van der Waals surface area contributed by atoms with Gasteiger partial charge in [0.2, 0.25) is 5.91 Å². The van der Waals surface area contributed by atoms with Crippen LogP contribution >= 0.6 is 0 Å². The number of hydrogen-bond acceptors (Lipinski definition) is 4. The van der Waals surface area contributed by atoms with Gasteiger partial charge in [0.25, 0.3) is 0 Å². The highest BCUT2D eigenvalue weighted by atomic mass is 16.6. The maximum Gasteiger partial charge on any atom is 0.407 e. The zero-order chi connectivity index (χ0) is 13.8. The van der Waals surface area contributed by atoms with Gasteiger partial charge in [-0.15, -0.1) is 0 Å². The molecule has 0 aromatic carbocycles. The van der Waals surface area contributed by atoms with Gasteiger partial charge in [0.1, 0.15) is 6.10 Å². The molecule has 0 saturated heterocycles. The summed E-state index contributed by atoms with van der Waals surface area (Å²) >= 11 is 0. The number of nitrogens with zero attached hydrogens (tertiary/aromatic N) is 2. The lowest BCUT2D eigenvalue weighted by molar-refractivity contribution is -0.129. The average molecular weight is 267 g/mol. The molecular formula is C13H21N3O3. The Hall–Kier alpha value is -1.59. The molecule has 0 radical (unpaired) electrons. The molecule has 0 aromatic rings. The SMILES string of the molecule is CNC(=O)OC(C)C1=NN(CC2CCCC2)C(=O)C1. The largest absolute Gasteiger partial charge is 0.440 e. The van der Waals surface area contributed by atoms with Gasteiger partial charge in [0.05, 0.1) is 12.1 Å². The number of amides is 2. The van der Waals surface area contributed by atoms with Crippen LogP contribution in [0.5, 0.6) is 0 Å². The Morgan fingerprint density at radius 2 is 2.21 bits per heavy atom. The number of carbonyl (C=O) groups is 2. The van der Waals surface area contributed by atoms with E-state index in [1.807, 2.05) is 0 Å². The van der Waals surface area contributed by atoms with Gasteiger partial charge in [-0.1, -0.05) is 12.8 Å². The minimum Gasteiger partial charge on any atom is -0.440 e. The first-order chi connectivity index (χ1) is 9.10. The van der Waals surface area contributed by atoms with Gasteiger partial charge in [-0.05, 0) is 25.7 Å². The van der Waals surface area contributed by atoms with Crippen LogP contribution in [0.25, 0.3) is 0 Å². The molecule has 6 nitrogen and oxygen atoms in total. The van der Waals surface area contributed by atoms with Crippen LogP contribution in [0.15, 0.2) is 5.10 Å². The maximum absolute atomic E-state index is 11.9. The van der Waals surface area contributed by atoms with E-state index in [2.05, 4.69) is 10.4 Å². The number of hydrazone groups is 1. The molecule has 19 heavy (non-hydrogen) atoms. The van der Waals surface area contributed by atoms with E-state index in [-0.39, 0.29) is 12.3 Å². The van der Waals surface area contributed by atoms with Gasteiger partial charge in [-0.2, -0.15) is 5.10 Å². The summed E-state index contributed by atoms with van der Waals surface area (Å²) in [6, 6.07) is 0.